The molecule has 0 amide bonds. The van der Waals surface area contributed by atoms with Crippen molar-refractivity contribution in [3.63, 3.8) is 0 Å². The average molecular weight is 791 g/mol. The zero-order chi connectivity index (χ0) is 40.1. The molecule has 0 fully saturated rings. The molecule has 0 heterocycles. The minimum Gasteiger partial charge on any atom is -0.481 e. The van der Waals surface area contributed by atoms with E-state index in [4.69, 9.17) is 43.4 Å². The summed E-state index contributed by atoms with van der Waals surface area (Å²) in [4.78, 5) is 23.4. The number of hydrogen-bond donors (Lipinski definition) is 2. The molecule has 11 nitrogen and oxygen atoms in total. The number of carbonyl (C=O) groups is 2. The lowest BCUT2D eigenvalue weighted by molar-refractivity contribution is -0.150. The van der Waals surface area contributed by atoms with Crippen LogP contribution >= 0.6 is 0 Å². The zero-order valence-corrected chi connectivity index (χ0v) is 35.6. The third-order valence-corrected chi connectivity index (χ3v) is 9.57. The van der Waals surface area contributed by atoms with E-state index >= 15 is 0 Å². The lowest BCUT2D eigenvalue weighted by Crippen LogP contribution is -2.27. The van der Waals surface area contributed by atoms with Crippen LogP contribution in [0.5, 0.6) is 0 Å². The second kappa shape index (κ2) is 45.4. The number of carboxylic acids is 1. The minimum atomic E-state index is -0.730. The Balaban J connectivity index is 4.31. The molecule has 0 aromatic carbocycles. The standard InChI is InChI=1S/C44H86O11/c1-3-5-7-9-13-19-25-41(26-20-14-10-8-6-4-2)55-44(48)28-22-16-12-18-24-31-54-42(39-52-30-23-17-11-15-21-27-43(46)47)40-53-38-37-51-36-35-50-34-33-49-32-29-45/h41-42,45H,3-40H2,1-2H3,(H,46,47)/t42-/m1/s1. The second-order valence-corrected chi connectivity index (χ2v) is 14.9. The van der Waals surface area contributed by atoms with E-state index in [0.29, 0.717) is 79.1 Å². The maximum Gasteiger partial charge on any atom is 0.306 e. The molecular formula is C44H86O11. The number of hydrogen-bond acceptors (Lipinski definition) is 10. The maximum absolute atomic E-state index is 12.7. The number of unbranched alkanes of at least 4 members (excludes halogenated alkanes) is 18. The molecule has 2 N–H and O–H groups in total. The van der Waals surface area contributed by atoms with Crippen LogP contribution in [-0.4, -0.2) is 114 Å². The van der Waals surface area contributed by atoms with Crippen LogP contribution in [0.15, 0.2) is 0 Å². The fraction of sp³-hybridized carbons (Fsp3) is 0.955. The fourth-order valence-electron chi connectivity index (χ4n) is 6.27. The lowest BCUT2D eigenvalue weighted by atomic mass is 10.0. The Morgan fingerprint density at radius 3 is 1.38 bits per heavy atom. The molecule has 0 saturated carbocycles. The molecule has 0 aromatic rings. The summed E-state index contributed by atoms with van der Waals surface area (Å²) in [5.74, 6) is -0.752. The van der Waals surface area contributed by atoms with Crippen LogP contribution in [0.4, 0.5) is 0 Å². The van der Waals surface area contributed by atoms with Gasteiger partial charge in [0, 0.05) is 26.1 Å². The van der Waals surface area contributed by atoms with Crippen LogP contribution < -0.4 is 0 Å². The summed E-state index contributed by atoms with van der Waals surface area (Å²) in [6.45, 7) is 9.81. The molecule has 328 valence electrons. The molecule has 0 radical (unpaired) electrons. The number of ether oxygens (including phenoxy) is 7. The molecule has 11 heteroatoms. The van der Waals surface area contributed by atoms with Crippen molar-refractivity contribution in [2.75, 3.05) is 79.3 Å². The first kappa shape index (κ1) is 53.7. The Bertz CT molecular complexity index is 769. The number of rotatable bonds is 47. The summed E-state index contributed by atoms with van der Waals surface area (Å²) in [7, 11) is 0. The first-order chi connectivity index (χ1) is 27.0. The van der Waals surface area contributed by atoms with Gasteiger partial charge in [-0.25, -0.2) is 0 Å². The molecule has 0 rings (SSSR count). The molecule has 0 aliphatic rings. The van der Waals surface area contributed by atoms with Gasteiger partial charge in [-0.3, -0.25) is 9.59 Å². The topological polar surface area (TPSA) is 139 Å². The molecule has 0 aliphatic carbocycles. The number of carbonyl (C=O) groups excluding carboxylic acids is 1. The highest BCUT2D eigenvalue weighted by atomic mass is 16.6. The first-order valence-corrected chi connectivity index (χ1v) is 22.6. The van der Waals surface area contributed by atoms with Gasteiger partial charge in [-0.15, -0.1) is 0 Å². The first-order valence-electron chi connectivity index (χ1n) is 22.6. The van der Waals surface area contributed by atoms with E-state index in [-0.39, 0.29) is 31.2 Å². The van der Waals surface area contributed by atoms with Crippen molar-refractivity contribution < 1.29 is 53.0 Å². The van der Waals surface area contributed by atoms with Gasteiger partial charge in [0.15, 0.2) is 0 Å². The number of carboxylic acid groups (broad SMARTS) is 1. The molecule has 55 heavy (non-hydrogen) atoms. The predicted octanol–water partition coefficient (Wildman–Crippen LogP) is 9.63. The normalized spacial score (nSPS) is 12.1. The van der Waals surface area contributed by atoms with Crippen LogP contribution in [0.1, 0.15) is 181 Å². The number of aliphatic carboxylic acids is 1. The van der Waals surface area contributed by atoms with E-state index in [1.807, 2.05) is 0 Å². The Morgan fingerprint density at radius 1 is 0.436 bits per heavy atom. The highest BCUT2D eigenvalue weighted by Crippen LogP contribution is 2.18. The van der Waals surface area contributed by atoms with Crippen molar-refractivity contribution >= 4 is 11.9 Å². The fourth-order valence-corrected chi connectivity index (χ4v) is 6.27. The van der Waals surface area contributed by atoms with Gasteiger partial charge < -0.3 is 43.4 Å². The largest absolute Gasteiger partial charge is 0.481 e. The van der Waals surface area contributed by atoms with E-state index in [2.05, 4.69) is 13.8 Å². The monoisotopic (exact) mass is 791 g/mol. The van der Waals surface area contributed by atoms with E-state index < -0.39 is 5.97 Å². The van der Waals surface area contributed by atoms with Gasteiger partial charge in [0.2, 0.25) is 0 Å². The molecule has 0 bridgehead atoms. The highest BCUT2D eigenvalue weighted by Gasteiger charge is 2.15. The summed E-state index contributed by atoms with van der Waals surface area (Å²) in [6.07, 6.45) is 27.4. The summed E-state index contributed by atoms with van der Waals surface area (Å²) in [6, 6.07) is 0. The highest BCUT2D eigenvalue weighted by molar-refractivity contribution is 5.69. The van der Waals surface area contributed by atoms with Crippen LogP contribution in [0.25, 0.3) is 0 Å². The third-order valence-electron chi connectivity index (χ3n) is 9.57. The molecule has 0 saturated heterocycles. The van der Waals surface area contributed by atoms with Crippen molar-refractivity contribution in [3.05, 3.63) is 0 Å². The number of aliphatic hydroxyl groups excluding tert-OH is 1. The van der Waals surface area contributed by atoms with Crippen molar-refractivity contribution in [2.24, 2.45) is 0 Å². The van der Waals surface area contributed by atoms with Crippen LogP contribution in [0.3, 0.4) is 0 Å². The Morgan fingerprint density at radius 2 is 0.855 bits per heavy atom. The van der Waals surface area contributed by atoms with Crippen molar-refractivity contribution in [1.82, 2.24) is 0 Å². The summed E-state index contributed by atoms with van der Waals surface area (Å²) >= 11 is 0. The van der Waals surface area contributed by atoms with Crippen LogP contribution in [0.2, 0.25) is 0 Å². The van der Waals surface area contributed by atoms with Gasteiger partial charge in [0.1, 0.15) is 12.2 Å². The quantitative estimate of drug-likeness (QED) is 0.0450. The third kappa shape index (κ3) is 43.6. The summed E-state index contributed by atoms with van der Waals surface area (Å²) in [5, 5.41) is 17.5. The van der Waals surface area contributed by atoms with Crippen molar-refractivity contribution in [1.29, 1.82) is 0 Å². The van der Waals surface area contributed by atoms with Gasteiger partial charge >= 0.3 is 11.9 Å². The van der Waals surface area contributed by atoms with Crippen LogP contribution in [-0.2, 0) is 42.7 Å². The Hall–Kier alpha value is -1.34. The number of aliphatic hydroxyl groups is 1. The maximum atomic E-state index is 12.7. The molecule has 0 unspecified atom stereocenters. The predicted molar refractivity (Wildman–Crippen MR) is 220 cm³/mol. The Labute approximate surface area is 336 Å². The molecule has 0 aliphatic heterocycles. The van der Waals surface area contributed by atoms with Crippen molar-refractivity contribution in [3.8, 4) is 0 Å². The van der Waals surface area contributed by atoms with E-state index in [0.717, 1.165) is 89.9 Å². The average Bonchev–Trinajstić information content (AvgIpc) is 3.17. The minimum absolute atomic E-state index is 0.0125. The van der Waals surface area contributed by atoms with Gasteiger partial charge in [-0.1, -0.05) is 117 Å². The smallest absolute Gasteiger partial charge is 0.306 e. The molecule has 1 atom stereocenters. The molecular weight excluding hydrogens is 704 g/mol. The molecule has 0 spiro atoms. The lowest BCUT2D eigenvalue weighted by Gasteiger charge is -2.19. The van der Waals surface area contributed by atoms with Gasteiger partial charge in [-0.2, -0.15) is 0 Å². The van der Waals surface area contributed by atoms with Crippen molar-refractivity contribution in [2.45, 2.75) is 193 Å². The number of esters is 1. The Kier molecular flexibility index (Phi) is 44.3. The van der Waals surface area contributed by atoms with E-state index in [9.17, 15) is 9.59 Å². The van der Waals surface area contributed by atoms with Gasteiger partial charge in [0.25, 0.3) is 0 Å². The molecule has 0 aromatic heterocycles. The second-order valence-electron chi connectivity index (χ2n) is 14.9. The van der Waals surface area contributed by atoms with E-state index in [1.54, 1.807) is 0 Å². The zero-order valence-electron chi connectivity index (χ0n) is 35.6. The van der Waals surface area contributed by atoms with Gasteiger partial charge in [0.05, 0.1) is 66.1 Å². The van der Waals surface area contributed by atoms with Crippen LogP contribution in [0, 0.1) is 0 Å². The SMILES string of the molecule is CCCCCCCCC(CCCCCCCC)OC(=O)CCCCCCCO[C@H](COCCCCCCCC(=O)O)COCCOCCOCCOCCO. The summed E-state index contributed by atoms with van der Waals surface area (Å²) in [5.41, 5.74) is 0. The van der Waals surface area contributed by atoms with E-state index in [1.165, 1.54) is 64.2 Å². The van der Waals surface area contributed by atoms with Gasteiger partial charge in [-0.05, 0) is 51.4 Å². The summed E-state index contributed by atoms with van der Waals surface area (Å²) < 4.78 is 40.1.